The lowest BCUT2D eigenvalue weighted by Crippen LogP contribution is -2.41. The van der Waals surface area contributed by atoms with Gasteiger partial charge in [0, 0.05) is 13.1 Å². The van der Waals surface area contributed by atoms with Crippen LogP contribution in [0.5, 0.6) is 0 Å². The average Bonchev–Trinajstić information content (AvgIpc) is 2.67. The number of halogens is 6. The van der Waals surface area contributed by atoms with E-state index in [1.54, 1.807) is 0 Å². The van der Waals surface area contributed by atoms with Gasteiger partial charge in [-0.1, -0.05) is 30.3 Å². The normalized spacial score (nSPS) is 14.8. The first kappa shape index (κ1) is 30.0. The number of alkyl halides is 6. The van der Waals surface area contributed by atoms with Gasteiger partial charge < -0.3 is 19.8 Å². The Kier molecular flexibility index (Phi) is 11.2. The second-order valence-electron chi connectivity index (χ2n) is 7.76. The van der Waals surface area contributed by atoms with E-state index in [1.807, 2.05) is 31.7 Å². The van der Waals surface area contributed by atoms with E-state index in [-0.39, 0.29) is 6.09 Å². The highest BCUT2D eigenvalue weighted by atomic mass is 19.4. The SMILES string of the molecule is CC(C)(C)OC(=O)N1CCC(c2ccccc2)CC1.O=C(O)C(F)(F)F.O=C(O)C(F)(F)F. The molecule has 0 bridgehead atoms. The number of carboxylic acids is 2. The van der Waals surface area contributed by atoms with E-state index in [4.69, 9.17) is 24.5 Å². The summed E-state index contributed by atoms with van der Waals surface area (Å²) in [5, 5.41) is 14.2. The molecule has 2 rings (SSSR count). The number of amides is 1. The Morgan fingerprint density at radius 3 is 1.52 bits per heavy atom. The average molecular weight is 489 g/mol. The number of rotatable bonds is 1. The zero-order valence-corrected chi connectivity index (χ0v) is 18.0. The number of hydrogen-bond donors (Lipinski definition) is 2. The van der Waals surface area contributed by atoms with Crippen molar-refractivity contribution in [1.29, 1.82) is 0 Å². The van der Waals surface area contributed by atoms with Gasteiger partial charge in [0.25, 0.3) is 0 Å². The predicted octanol–water partition coefficient (Wildman–Crippen LogP) is 5.07. The maximum atomic E-state index is 12.0. The van der Waals surface area contributed by atoms with Gasteiger partial charge >= 0.3 is 30.4 Å². The van der Waals surface area contributed by atoms with Crippen molar-refractivity contribution < 1.29 is 55.7 Å². The number of ether oxygens (including phenoxy) is 1. The minimum atomic E-state index is -5.08. The van der Waals surface area contributed by atoms with E-state index >= 15 is 0 Å². The van der Waals surface area contributed by atoms with Crippen molar-refractivity contribution in [1.82, 2.24) is 4.90 Å². The summed E-state index contributed by atoms with van der Waals surface area (Å²) >= 11 is 0. The summed E-state index contributed by atoms with van der Waals surface area (Å²) in [5.74, 6) is -4.94. The van der Waals surface area contributed by atoms with Crippen LogP contribution in [0.2, 0.25) is 0 Å². The quantitative estimate of drug-likeness (QED) is 0.534. The summed E-state index contributed by atoms with van der Waals surface area (Å²) < 4.78 is 68.9. The highest BCUT2D eigenvalue weighted by molar-refractivity contribution is 5.73. The lowest BCUT2D eigenvalue weighted by molar-refractivity contribution is -0.193. The first-order valence-electron chi connectivity index (χ1n) is 9.47. The number of benzene rings is 1. The van der Waals surface area contributed by atoms with E-state index in [1.165, 1.54) is 5.56 Å². The van der Waals surface area contributed by atoms with E-state index < -0.39 is 29.9 Å². The number of likely N-dealkylation sites (tertiary alicyclic amines) is 1. The molecule has 188 valence electrons. The van der Waals surface area contributed by atoms with Crippen molar-refractivity contribution in [2.45, 2.75) is 57.5 Å². The third-order valence-corrected chi connectivity index (χ3v) is 3.90. The highest BCUT2D eigenvalue weighted by Crippen LogP contribution is 2.28. The third-order valence-electron chi connectivity index (χ3n) is 3.90. The molecule has 0 saturated carbocycles. The fourth-order valence-electron chi connectivity index (χ4n) is 2.45. The number of aliphatic carboxylic acids is 2. The Balaban J connectivity index is 0.000000605. The van der Waals surface area contributed by atoms with Crippen LogP contribution < -0.4 is 0 Å². The fourth-order valence-corrected chi connectivity index (χ4v) is 2.45. The predicted molar refractivity (Wildman–Crippen MR) is 104 cm³/mol. The molecule has 1 saturated heterocycles. The smallest absolute Gasteiger partial charge is 0.475 e. The molecule has 0 atom stereocenters. The van der Waals surface area contributed by atoms with Crippen LogP contribution in [-0.2, 0) is 14.3 Å². The molecule has 13 heteroatoms. The molecular formula is C20H25F6NO6. The Labute approximate surface area is 185 Å². The topological polar surface area (TPSA) is 104 Å². The summed E-state index contributed by atoms with van der Waals surface area (Å²) in [6.07, 6.45) is -8.31. The molecule has 0 aliphatic carbocycles. The van der Waals surface area contributed by atoms with Crippen LogP contribution in [0.25, 0.3) is 0 Å². The van der Waals surface area contributed by atoms with Crippen LogP contribution in [0.3, 0.4) is 0 Å². The van der Waals surface area contributed by atoms with Crippen molar-refractivity contribution >= 4 is 18.0 Å². The van der Waals surface area contributed by atoms with Gasteiger partial charge in [-0.3, -0.25) is 0 Å². The molecule has 1 aromatic carbocycles. The molecular weight excluding hydrogens is 464 g/mol. The molecule has 1 heterocycles. The van der Waals surface area contributed by atoms with Crippen LogP contribution in [0.4, 0.5) is 31.1 Å². The molecule has 1 aliphatic rings. The zero-order chi connectivity index (χ0) is 26.0. The van der Waals surface area contributed by atoms with Crippen LogP contribution in [0.15, 0.2) is 30.3 Å². The molecule has 0 aromatic heterocycles. The largest absolute Gasteiger partial charge is 0.490 e. The second kappa shape index (κ2) is 12.3. The summed E-state index contributed by atoms with van der Waals surface area (Å²) in [5.41, 5.74) is 0.972. The standard InChI is InChI=1S/C16H23NO2.2C2HF3O2/c1-16(2,3)19-15(18)17-11-9-14(10-12-17)13-7-5-4-6-8-13;2*3-2(4,5)1(6)7/h4-8,14H,9-12H2,1-3H3;2*(H,6,7). The van der Waals surface area contributed by atoms with Gasteiger partial charge in [0.2, 0.25) is 0 Å². The number of hydrogen-bond acceptors (Lipinski definition) is 4. The molecule has 7 nitrogen and oxygen atoms in total. The van der Waals surface area contributed by atoms with E-state index in [0.29, 0.717) is 5.92 Å². The van der Waals surface area contributed by atoms with Gasteiger partial charge in [0.15, 0.2) is 0 Å². The Hall–Kier alpha value is -2.99. The minimum absolute atomic E-state index is 0.181. The number of piperidine rings is 1. The van der Waals surface area contributed by atoms with Gasteiger partial charge in [-0.25, -0.2) is 14.4 Å². The molecule has 1 aliphatic heterocycles. The first-order chi connectivity index (χ1) is 14.8. The Bertz CT molecular complexity index is 742. The zero-order valence-electron chi connectivity index (χ0n) is 18.0. The van der Waals surface area contributed by atoms with E-state index in [2.05, 4.69) is 24.3 Å². The lowest BCUT2D eigenvalue weighted by atomic mass is 9.90. The number of nitrogens with zero attached hydrogens (tertiary/aromatic N) is 1. The maximum absolute atomic E-state index is 12.0. The number of carbonyl (C=O) groups excluding carboxylic acids is 1. The fraction of sp³-hybridized carbons (Fsp3) is 0.550. The summed E-state index contributed by atoms with van der Waals surface area (Å²) in [7, 11) is 0. The van der Waals surface area contributed by atoms with Crippen molar-refractivity contribution in [2.24, 2.45) is 0 Å². The van der Waals surface area contributed by atoms with Crippen LogP contribution in [0, 0.1) is 0 Å². The van der Waals surface area contributed by atoms with Crippen molar-refractivity contribution in [3.8, 4) is 0 Å². The van der Waals surface area contributed by atoms with Gasteiger partial charge in [-0.15, -0.1) is 0 Å². The van der Waals surface area contributed by atoms with Crippen LogP contribution >= 0.6 is 0 Å². The number of carboxylic acid groups (broad SMARTS) is 2. The molecule has 2 N–H and O–H groups in total. The van der Waals surface area contributed by atoms with Gasteiger partial charge in [0.1, 0.15) is 5.60 Å². The van der Waals surface area contributed by atoms with E-state index in [0.717, 1.165) is 25.9 Å². The maximum Gasteiger partial charge on any atom is 0.490 e. The Morgan fingerprint density at radius 2 is 1.21 bits per heavy atom. The molecule has 33 heavy (non-hydrogen) atoms. The highest BCUT2D eigenvalue weighted by Gasteiger charge is 2.38. The molecule has 1 fully saturated rings. The lowest BCUT2D eigenvalue weighted by Gasteiger charge is -2.33. The van der Waals surface area contributed by atoms with Crippen molar-refractivity contribution in [2.75, 3.05) is 13.1 Å². The third kappa shape index (κ3) is 13.2. The second-order valence-corrected chi connectivity index (χ2v) is 7.76. The summed E-state index contributed by atoms with van der Waals surface area (Å²) in [6.45, 7) is 7.29. The van der Waals surface area contributed by atoms with Crippen LogP contribution in [0.1, 0.15) is 45.1 Å². The molecule has 0 unspecified atom stereocenters. The monoisotopic (exact) mass is 489 g/mol. The molecule has 1 amide bonds. The van der Waals surface area contributed by atoms with Gasteiger partial charge in [-0.05, 0) is 45.1 Å². The number of carbonyl (C=O) groups is 3. The Morgan fingerprint density at radius 1 is 0.848 bits per heavy atom. The summed E-state index contributed by atoms with van der Waals surface area (Å²) in [4.78, 5) is 31.6. The molecule has 0 spiro atoms. The summed E-state index contributed by atoms with van der Waals surface area (Å²) in [6, 6.07) is 10.5. The molecule has 1 aromatic rings. The van der Waals surface area contributed by atoms with Crippen molar-refractivity contribution in [3.63, 3.8) is 0 Å². The minimum Gasteiger partial charge on any atom is -0.475 e. The molecule has 0 radical (unpaired) electrons. The first-order valence-corrected chi connectivity index (χ1v) is 9.47. The van der Waals surface area contributed by atoms with Gasteiger partial charge in [-0.2, -0.15) is 26.3 Å². The van der Waals surface area contributed by atoms with Crippen LogP contribution in [-0.4, -0.2) is 64.2 Å². The van der Waals surface area contributed by atoms with Gasteiger partial charge in [0.05, 0.1) is 0 Å². The van der Waals surface area contributed by atoms with Crippen molar-refractivity contribution in [3.05, 3.63) is 35.9 Å². The van der Waals surface area contributed by atoms with E-state index in [9.17, 15) is 31.1 Å².